The third-order valence-electron chi connectivity index (χ3n) is 14.5. The highest BCUT2D eigenvalue weighted by Gasteiger charge is 2.36. The van der Waals surface area contributed by atoms with Gasteiger partial charge < -0.3 is 9.32 Å². The summed E-state index contributed by atoms with van der Waals surface area (Å²) in [6, 6.07) is 78.9. The minimum Gasteiger partial charge on any atom is -0.456 e. The van der Waals surface area contributed by atoms with Gasteiger partial charge in [0, 0.05) is 53.4 Å². The number of benzene rings is 10. The molecule has 13 aromatic rings. The summed E-state index contributed by atoms with van der Waals surface area (Å²) in [6.45, 7) is 4.73. The third-order valence-corrected chi connectivity index (χ3v) is 15.6. The van der Waals surface area contributed by atoms with Gasteiger partial charge in [0.1, 0.15) is 11.2 Å². The van der Waals surface area contributed by atoms with Gasteiger partial charge in [0.2, 0.25) is 0 Å². The molecule has 0 amide bonds. The second-order valence-electron chi connectivity index (χ2n) is 18.3. The molecule has 1 aliphatic rings. The van der Waals surface area contributed by atoms with E-state index in [1.54, 1.807) is 0 Å². The first-order valence-corrected chi connectivity index (χ1v) is 23.6. The normalized spacial score (nSPS) is 13.1. The number of anilines is 3. The van der Waals surface area contributed by atoms with E-state index in [0.717, 1.165) is 39.0 Å². The van der Waals surface area contributed by atoms with E-state index in [1.807, 2.05) is 17.4 Å². The van der Waals surface area contributed by atoms with Gasteiger partial charge in [-0.15, -0.1) is 11.3 Å². The lowest BCUT2D eigenvalue weighted by Gasteiger charge is -2.28. The van der Waals surface area contributed by atoms with Gasteiger partial charge in [-0.1, -0.05) is 166 Å². The average molecular weight is 860 g/mol. The Balaban J connectivity index is 1.15. The Morgan fingerprint density at radius 1 is 0.333 bits per heavy atom. The van der Waals surface area contributed by atoms with Crippen LogP contribution in [0.1, 0.15) is 25.0 Å². The Bertz CT molecular complexity index is 4280. The highest BCUT2D eigenvalue weighted by molar-refractivity contribution is 7.26. The van der Waals surface area contributed by atoms with Gasteiger partial charge in [-0.2, -0.15) is 0 Å². The molecule has 0 aliphatic heterocycles. The first kappa shape index (κ1) is 37.4. The molecular weight excluding hydrogens is 819 g/mol. The van der Waals surface area contributed by atoms with Gasteiger partial charge in [0.25, 0.3) is 0 Å². The van der Waals surface area contributed by atoms with Crippen molar-refractivity contribution in [3.8, 4) is 11.1 Å². The van der Waals surface area contributed by atoms with Crippen LogP contribution in [-0.4, -0.2) is 0 Å². The van der Waals surface area contributed by atoms with Crippen LogP contribution in [0.25, 0.3) is 107 Å². The molecule has 0 unspecified atom stereocenters. The minimum atomic E-state index is -0.162. The minimum absolute atomic E-state index is 0.162. The summed E-state index contributed by atoms with van der Waals surface area (Å²) >= 11 is 1.88. The van der Waals surface area contributed by atoms with Crippen molar-refractivity contribution in [2.24, 2.45) is 0 Å². The second-order valence-corrected chi connectivity index (χ2v) is 19.4. The van der Waals surface area contributed by atoms with Crippen molar-refractivity contribution < 1.29 is 4.42 Å². The summed E-state index contributed by atoms with van der Waals surface area (Å²) < 4.78 is 9.00. The molecule has 310 valence electrons. The molecule has 0 spiro atoms. The van der Waals surface area contributed by atoms with E-state index in [2.05, 4.69) is 225 Å². The van der Waals surface area contributed by atoms with Crippen molar-refractivity contribution in [3.63, 3.8) is 0 Å². The summed E-state index contributed by atoms with van der Waals surface area (Å²) in [5.74, 6) is 0. The number of rotatable bonds is 3. The number of fused-ring (bicyclic) bond motifs is 20. The van der Waals surface area contributed by atoms with Gasteiger partial charge in [-0.05, 0) is 137 Å². The summed E-state index contributed by atoms with van der Waals surface area (Å²) in [6.07, 6.45) is 0. The van der Waals surface area contributed by atoms with E-state index in [9.17, 15) is 0 Å². The zero-order valence-corrected chi connectivity index (χ0v) is 37.3. The van der Waals surface area contributed by atoms with Crippen LogP contribution in [0.4, 0.5) is 17.1 Å². The van der Waals surface area contributed by atoms with Crippen LogP contribution in [0.2, 0.25) is 0 Å². The Hall–Kier alpha value is -7.98. The summed E-state index contributed by atoms with van der Waals surface area (Å²) in [7, 11) is 0. The SMILES string of the molecule is CC1(C)c2ccccc2-c2ccc(N(c3ccc4oc5ccccc5c4c3)c3ccc4c(c3)c3ccccc3c3ccccc3c3ccccc3c3c4ccc4sc5ccccc5c43)cc21. The standard InChI is InChI=1S/C63H41NOS/c1-63(2)55-24-12-9-20-47(55)48-31-28-40(37-56(48)63)64(39-29-33-58-54(36-39)49-21-10-13-25-57(49)65-58)38-27-30-46-51-32-34-60-62(52-23-11-14-26-59(52)66-60)61(51)50-22-8-7-18-44(50)42-16-4-3-15-41(42)43-17-5-6-19-45(43)53(46)35-38/h3-37H,1-2H3. The molecule has 11 aromatic carbocycles. The number of para-hydroxylation sites is 1. The number of thiophene rings is 1. The van der Waals surface area contributed by atoms with Crippen molar-refractivity contribution >= 4 is 124 Å². The van der Waals surface area contributed by atoms with E-state index >= 15 is 0 Å². The highest BCUT2D eigenvalue weighted by atomic mass is 32.1. The van der Waals surface area contributed by atoms with E-state index < -0.39 is 0 Å². The highest BCUT2D eigenvalue weighted by Crippen LogP contribution is 2.52. The predicted octanol–water partition coefficient (Wildman–Crippen LogP) is 18.6. The van der Waals surface area contributed by atoms with E-state index in [0.29, 0.717) is 0 Å². The molecule has 0 saturated heterocycles. The summed E-state index contributed by atoms with van der Waals surface area (Å²) in [5.41, 5.74) is 10.2. The van der Waals surface area contributed by atoms with Crippen LogP contribution in [0.15, 0.2) is 217 Å². The van der Waals surface area contributed by atoms with Crippen molar-refractivity contribution in [2.75, 3.05) is 4.90 Å². The van der Waals surface area contributed by atoms with Gasteiger partial charge in [-0.25, -0.2) is 0 Å². The number of furan rings is 1. The molecule has 0 fully saturated rings. The van der Waals surface area contributed by atoms with Gasteiger partial charge in [-0.3, -0.25) is 0 Å². The average Bonchev–Trinajstić information content (AvgIpc) is 4.01. The number of hydrogen-bond donors (Lipinski definition) is 0. The van der Waals surface area contributed by atoms with Crippen molar-refractivity contribution in [2.45, 2.75) is 19.3 Å². The van der Waals surface area contributed by atoms with E-state index in [-0.39, 0.29) is 5.41 Å². The molecule has 0 saturated carbocycles. The third kappa shape index (κ3) is 5.35. The quantitative estimate of drug-likeness (QED) is 0.176. The Morgan fingerprint density at radius 3 is 1.58 bits per heavy atom. The fraction of sp³-hybridized carbons (Fsp3) is 0.0476. The number of nitrogens with zero attached hydrogens (tertiary/aromatic N) is 1. The van der Waals surface area contributed by atoms with Gasteiger partial charge >= 0.3 is 0 Å². The molecule has 2 aromatic heterocycles. The maximum Gasteiger partial charge on any atom is 0.135 e. The summed E-state index contributed by atoms with van der Waals surface area (Å²) in [5, 5.41) is 17.0. The fourth-order valence-corrected chi connectivity index (χ4v) is 12.5. The molecule has 2 heterocycles. The zero-order valence-electron chi connectivity index (χ0n) is 36.5. The Morgan fingerprint density at radius 2 is 0.818 bits per heavy atom. The number of hydrogen-bond acceptors (Lipinski definition) is 3. The molecule has 0 N–H and O–H groups in total. The van der Waals surface area contributed by atoms with Crippen LogP contribution < -0.4 is 4.90 Å². The van der Waals surface area contributed by atoms with Crippen molar-refractivity contribution in [1.29, 1.82) is 0 Å². The zero-order chi connectivity index (χ0) is 43.7. The monoisotopic (exact) mass is 859 g/mol. The largest absolute Gasteiger partial charge is 0.456 e. The Labute approximate surface area is 385 Å². The second kappa shape index (κ2) is 14.0. The van der Waals surface area contributed by atoms with E-state index in [4.69, 9.17) is 4.42 Å². The van der Waals surface area contributed by atoms with Crippen LogP contribution in [-0.2, 0) is 5.41 Å². The molecule has 14 rings (SSSR count). The molecule has 3 heteroatoms. The topological polar surface area (TPSA) is 16.4 Å². The van der Waals surface area contributed by atoms with Crippen LogP contribution in [0.3, 0.4) is 0 Å². The van der Waals surface area contributed by atoms with E-state index in [1.165, 1.54) is 96.3 Å². The molecule has 1 aliphatic carbocycles. The van der Waals surface area contributed by atoms with Crippen LogP contribution in [0, 0.1) is 0 Å². The van der Waals surface area contributed by atoms with Gasteiger partial charge in [0.15, 0.2) is 0 Å². The Kier molecular flexibility index (Phi) is 7.94. The fourth-order valence-electron chi connectivity index (χ4n) is 11.4. The lowest BCUT2D eigenvalue weighted by molar-refractivity contribution is 0.660. The maximum atomic E-state index is 6.40. The molecule has 0 bridgehead atoms. The van der Waals surface area contributed by atoms with Crippen molar-refractivity contribution in [1.82, 2.24) is 0 Å². The lowest BCUT2D eigenvalue weighted by atomic mass is 9.82. The van der Waals surface area contributed by atoms with Gasteiger partial charge in [0.05, 0.1) is 0 Å². The van der Waals surface area contributed by atoms with Crippen molar-refractivity contribution in [3.05, 3.63) is 223 Å². The molecular formula is C63H41NOS. The molecule has 0 radical (unpaired) electrons. The molecule has 0 atom stereocenters. The lowest BCUT2D eigenvalue weighted by Crippen LogP contribution is -2.16. The first-order valence-electron chi connectivity index (χ1n) is 22.8. The summed E-state index contributed by atoms with van der Waals surface area (Å²) in [4.78, 5) is 2.46. The van der Waals surface area contributed by atoms with Crippen LogP contribution in [0.5, 0.6) is 0 Å². The predicted molar refractivity (Wildman–Crippen MR) is 284 cm³/mol. The molecule has 2 nitrogen and oxygen atoms in total. The van der Waals surface area contributed by atoms with Crippen LogP contribution >= 0.6 is 11.3 Å². The smallest absolute Gasteiger partial charge is 0.135 e. The molecule has 66 heavy (non-hydrogen) atoms. The maximum absolute atomic E-state index is 6.40. The first-order chi connectivity index (χ1) is 32.5.